The number of aryl methyl sites for hydroxylation is 2. The molecule has 0 bridgehead atoms. The average molecular weight is 193 g/mol. The summed E-state index contributed by atoms with van der Waals surface area (Å²) in [4.78, 5) is 0. The topological polar surface area (TPSA) is 46.2 Å². The van der Waals surface area contributed by atoms with Crippen LogP contribution in [0.3, 0.4) is 0 Å². The third-order valence-corrected chi connectivity index (χ3v) is 2.37. The Balaban J connectivity index is 2.76. The number of hydrogen-bond acceptors (Lipinski definition) is 2. The van der Waals surface area contributed by atoms with Gasteiger partial charge in [0, 0.05) is 6.04 Å². The summed E-state index contributed by atoms with van der Waals surface area (Å²) in [6, 6.07) is 6.21. The van der Waals surface area contributed by atoms with E-state index in [1.54, 1.807) is 6.92 Å². The molecule has 1 rings (SSSR count). The van der Waals surface area contributed by atoms with E-state index in [1.807, 2.05) is 0 Å². The molecule has 1 aromatic carbocycles. The van der Waals surface area contributed by atoms with Crippen LogP contribution in [0.1, 0.15) is 23.6 Å². The summed E-state index contributed by atoms with van der Waals surface area (Å²) in [6.07, 6.45) is 0.288. The van der Waals surface area contributed by atoms with Gasteiger partial charge in [-0.2, -0.15) is 0 Å². The minimum absolute atomic E-state index is 0.170. The minimum Gasteiger partial charge on any atom is -0.392 e. The van der Waals surface area contributed by atoms with Crippen LogP contribution in [0, 0.1) is 13.8 Å². The summed E-state index contributed by atoms with van der Waals surface area (Å²) in [5.41, 5.74) is 9.50. The molecule has 0 spiro atoms. The quantitative estimate of drug-likeness (QED) is 0.765. The number of benzene rings is 1. The summed E-state index contributed by atoms with van der Waals surface area (Å²) < 4.78 is 0. The van der Waals surface area contributed by atoms with Crippen molar-refractivity contribution in [2.45, 2.75) is 39.3 Å². The number of rotatable bonds is 3. The first-order chi connectivity index (χ1) is 6.49. The summed E-state index contributed by atoms with van der Waals surface area (Å²) in [5, 5.41) is 9.30. The molecule has 0 aliphatic carbocycles. The molecule has 3 N–H and O–H groups in total. The van der Waals surface area contributed by atoms with Gasteiger partial charge >= 0.3 is 0 Å². The number of aliphatic hydroxyl groups is 1. The Hall–Kier alpha value is -0.860. The predicted octanol–water partition coefficient (Wildman–Crippen LogP) is 1.55. The van der Waals surface area contributed by atoms with Crippen molar-refractivity contribution in [1.29, 1.82) is 0 Å². The molecule has 14 heavy (non-hydrogen) atoms. The molecule has 2 unspecified atom stereocenters. The molecule has 1 aromatic rings. The van der Waals surface area contributed by atoms with Gasteiger partial charge in [-0.05, 0) is 32.8 Å². The zero-order valence-electron chi connectivity index (χ0n) is 9.12. The van der Waals surface area contributed by atoms with Gasteiger partial charge in [-0.1, -0.05) is 29.3 Å². The van der Waals surface area contributed by atoms with Crippen LogP contribution in [0.5, 0.6) is 0 Å². The van der Waals surface area contributed by atoms with E-state index in [2.05, 4.69) is 32.0 Å². The van der Waals surface area contributed by atoms with Crippen LogP contribution < -0.4 is 5.73 Å². The van der Waals surface area contributed by atoms with Crippen LogP contribution in [0.2, 0.25) is 0 Å². The second-order valence-electron chi connectivity index (χ2n) is 4.10. The van der Waals surface area contributed by atoms with Crippen LogP contribution in [0.25, 0.3) is 0 Å². The zero-order valence-corrected chi connectivity index (χ0v) is 9.12. The van der Waals surface area contributed by atoms with Crippen LogP contribution >= 0.6 is 0 Å². The minimum atomic E-state index is -0.448. The SMILES string of the molecule is Cc1cc(C)cc(CC(N)C(C)O)c1. The Kier molecular flexibility index (Phi) is 3.67. The smallest absolute Gasteiger partial charge is 0.0666 e. The van der Waals surface area contributed by atoms with Gasteiger partial charge in [-0.15, -0.1) is 0 Å². The summed E-state index contributed by atoms with van der Waals surface area (Å²) in [5.74, 6) is 0. The lowest BCUT2D eigenvalue weighted by Gasteiger charge is -2.15. The van der Waals surface area contributed by atoms with Gasteiger partial charge in [-0.25, -0.2) is 0 Å². The monoisotopic (exact) mass is 193 g/mol. The molecule has 0 aromatic heterocycles. The van der Waals surface area contributed by atoms with E-state index in [0.29, 0.717) is 0 Å². The third kappa shape index (κ3) is 3.13. The van der Waals surface area contributed by atoms with Crippen LogP contribution in [0.15, 0.2) is 18.2 Å². The fraction of sp³-hybridized carbons (Fsp3) is 0.500. The molecule has 0 aliphatic heterocycles. The highest BCUT2D eigenvalue weighted by Gasteiger charge is 2.10. The highest BCUT2D eigenvalue weighted by molar-refractivity contribution is 5.29. The summed E-state index contributed by atoms with van der Waals surface area (Å²) in [7, 11) is 0. The lowest BCUT2D eigenvalue weighted by Crippen LogP contribution is -2.34. The maximum Gasteiger partial charge on any atom is 0.0666 e. The molecule has 0 fully saturated rings. The van der Waals surface area contributed by atoms with E-state index in [-0.39, 0.29) is 6.04 Å². The molecular weight excluding hydrogens is 174 g/mol. The van der Waals surface area contributed by atoms with Crippen LogP contribution in [0.4, 0.5) is 0 Å². The van der Waals surface area contributed by atoms with Crippen molar-refractivity contribution >= 4 is 0 Å². The van der Waals surface area contributed by atoms with Crippen molar-refractivity contribution in [3.63, 3.8) is 0 Å². The van der Waals surface area contributed by atoms with Gasteiger partial charge in [-0.3, -0.25) is 0 Å². The average Bonchev–Trinajstić information content (AvgIpc) is 2.01. The Morgan fingerprint density at radius 2 is 1.71 bits per heavy atom. The molecule has 2 heteroatoms. The van der Waals surface area contributed by atoms with Crippen molar-refractivity contribution in [3.8, 4) is 0 Å². The second-order valence-corrected chi connectivity index (χ2v) is 4.10. The molecule has 0 amide bonds. The molecular formula is C12H19NO. The van der Waals surface area contributed by atoms with Gasteiger partial charge in [0.05, 0.1) is 6.10 Å². The van der Waals surface area contributed by atoms with Gasteiger partial charge in [0.25, 0.3) is 0 Å². The molecule has 0 saturated carbocycles. The molecule has 78 valence electrons. The second kappa shape index (κ2) is 4.58. The number of hydrogen-bond donors (Lipinski definition) is 2. The fourth-order valence-corrected chi connectivity index (χ4v) is 1.63. The van der Waals surface area contributed by atoms with Gasteiger partial charge in [0.2, 0.25) is 0 Å². The van der Waals surface area contributed by atoms with Crippen molar-refractivity contribution in [2.75, 3.05) is 0 Å². The standard InChI is InChI=1S/C12H19NO/c1-8-4-9(2)6-11(5-8)7-12(13)10(3)14/h4-6,10,12,14H,7,13H2,1-3H3. The van der Waals surface area contributed by atoms with E-state index in [1.165, 1.54) is 16.7 Å². The largest absolute Gasteiger partial charge is 0.392 e. The van der Waals surface area contributed by atoms with Gasteiger partial charge in [0.15, 0.2) is 0 Å². The molecule has 0 saturated heterocycles. The Labute approximate surface area is 85.8 Å². The van der Waals surface area contributed by atoms with Gasteiger partial charge < -0.3 is 10.8 Å². The maximum absolute atomic E-state index is 9.30. The van der Waals surface area contributed by atoms with Crippen molar-refractivity contribution in [1.82, 2.24) is 0 Å². The van der Waals surface area contributed by atoms with E-state index < -0.39 is 6.10 Å². The Morgan fingerprint density at radius 3 is 2.14 bits per heavy atom. The normalized spacial score (nSPS) is 15.2. The Morgan fingerprint density at radius 1 is 1.21 bits per heavy atom. The fourth-order valence-electron chi connectivity index (χ4n) is 1.63. The highest BCUT2D eigenvalue weighted by atomic mass is 16.3. The predicted molar refractivity (Wildman–Crippen MR) is 59.3 cm³/mol. The van der Waals surface area contributed by atoms with E-state index >= 15 is 0 Å². The lowest BCUT2D eigenvalue weighted by atomic mass is 9.99. The summed E-state index contributed by atoms with van der Waals surface area (Å²) >= 11 is 0. The van der Waals surface area contributed by atoms with E-state index in [0.717, 1.165) is 6.42 Å². The van der Waals surface area contributed by atoms with E-state index in [9.17, 15) is 5.11 Å². The van der Waals surface area contributed by atoms with Crippen molar-refractivity contribution < 1.29 is 5.11 Å². The zero-order chi connectivity index (χ0) is 10.7. The van der Waals surface area contributed by atoms with Crippen molar-refractivity contribution in [3.05, 3.63) is 34.9 Å². The third-order valence-electron chi connectivity index (χ3n) is 2.37. The lowest BCUT2D eigenvalue weighted by molar-refractivity contribution is 0.163. The Bertz CT molecular complexity index is 287. The first-order valence-corrected chi connectivity index (χ1v) is 5.00. The summed E-state index contributed by atoms with van der Waals surface area (Å²) in [6.45, 7) is 5.88. The van der Waals surface area contributed by atoms with E-state index in [4.69, 9.17) is 5.73 Å². The van der Waals surface area contributed by atoms with Crippen LogP contribution in [-0.2, 0) is 6.42 Å². The van der Waals surface area contributed by atoms with Crippen molar-refractivity contribution in [2.24, 2.45) is 5.73 Å². The van der Waals surface area contributed by atoms with Crippen LogP contribution in [-0.4, -0.2) is 17.3 Å². The number of nitrogens with two attached hydrogens (primary N) is 1. The highest BCUT2D eigenvalue weighted by Crippen LogP contribution is 2.11. The molecule has 2 atom stereocenters. The first kappa shape index (κ1) is 11.2. The maximum atomic E-state index is 9.30. The molecule has 0 aliphatic rings. The van der Waals surface area contributed by atoms with Gasteiger partial charge in [0.1, 0.15) is 0 Å². The molecule has 2 nitrogen and oxygen atoms in total. The first-order valence-electron chi connectivity index (χ1n) is 5.00. The number of aliphatic hydroxyl groups excluding tert-OH is 1. The molecule has 0 radical (unpaired) electrons. The molecule has 0 heterocycles.